The summed E-state index contributed by atoms with van der Waals surface area (Å²) in [4.78, 5) is 19.2. The zero-order valence-electron chi connectivity index (χ0n) is 10.6. The van der Waals surface area contributed by atoms with Crippen LogP contribution in [-0.2, 0) is 6.18 Å². The fraction of sp³-hybridized carbons (Fsp3) is 0.0667. The number of hydrogen-bond acceptors (Lipinski definition) is 2. The van der Waals surface area contributed by atoms with Crippen molar-refractivity contribution in [2.75, 3.05) is 0 Å². The van der Waals surface area contributed by atoms with Gasteiger partial charge in [-0.15, -0.1) is 0 Å². The summed E-state index contributed by atoms with van der Waals surface area (Å²) in [5.74, 6) is -0.344. The highest BCUT2D eigenvalue weighted by Gasteiger charge is 2.30. The molecule has 3 rings (SSSR count). The summed E-state index contributed by atoms with van der Waals surface area (Å²) >= 11 is 0. The predicted molar refractivity (Wildman–Crippen MR) is 71.0 cm³/mol. The first kappa shape index (κ1) is 13.4. The van der Waals surface area contributed by atoms with Crippen LogP contribution < -0.4 is 0 Å². The SMILES string of the molecule is O=C(c1ccc(C(F)(F)F)cc1)c1c[nH]c2ccncc12. The van der Waals surface area contributed by atoms with Crippen molar-refractivity contribution >= 4 is 16.7 Å². The van der Waals surface area contributed by atoms with E-state index in [1.165, 1.54) is 18.3 Å². The molecule has 0 spiro atoms. The second kappa shape index (κ2) is 4.73. The first-order chi connectivity index (χ1) is 9.97. The summed E-state index contributed by atoms with van der Waals surface area (Å²) in [6, 6.07) is 5.89. The van der Waals surface area contributed by atoms with Crippen LogP contribution in [0.15, 0.2) is 48.9 Å². The molecular weight excluding hydrogens is 281 g/mol. The summed E-state index contributed by atoms with van der Waals surface area (Å²) in [6.45, 7) is 0. The molecule has 1 N–H and O–H groups in total. The number of alkyl halides is 3. The molecule has 0 saturated heterocycles. The Hall–Kier alpha value is -2.63. The molecule has 6 heteroatoms. The molecule has 0 saturated carbocycles. The average Bonchev–Trinajstić information content (AvgIpc) is 2.90. The summed E-state index contributed by atoms with van der Waals surface area (Å²) < 4.78 is 37.5. The number of nitrogens with one attached hydrogen (secondary N) is 1. The number of nitrogens with zero attached hydrogens (tertiary/aromatic N) is 1. The van der Waals surface area contributed by atoms with Crippen molar-refractivity contribution < 1.29 is 18.0 Å². The molecule has 3 nitrogen and oxygen atoms in total. The molecule has 21 heavy (non-hydrogen) atoms. The van der Waals surface area contributed by atoms with E-state index in [1.807, 2.05) is 0 Å². The molecule has 3 aromatic rings. The number of benzene rings is 1. The Bertz CT molecular complexity index is 804. The van der Waals surface area contributed by atoms with Crippen LogP contribution in [0, 0.1) is 0 Å². The fourth-order valence-corrected chi connectivity index (χ4v) is 2.12. The van der Waals surface area contributed by atoms with Gasteiger partial charge < -0.3 is 4.98 Å². The molecule has 106 valence electrons. The molecule has 0 amide bonds. The molecule has 0 radical (unpaired) electrons. The van der Waals surface area contributed by atoms with Crippen molar-refractivity contribution in [3.8, 4) is 0 Å². The van der Waals surface area contributed by atoms with Gasteiger partial charge in [0.15, 0.2) is 5.78 Å². The minimum atomic E-state index is -4.41. The van der Waals surface area contributed by atoms with Crippen LogP contribution in [-0.4, -0.2) is 15.8 Å². The van der Waals surface area contributed by atoms with Gasteiger partial charge in [0.25, 0.3) is 0 Å². The lowest BCUT2D eigenvalue weighted by molar-refractivity contribution is -0.137. The molecular formula is C15H9F3N2O. The summed E-state index contributed by atoms with van der Waals surface area (Å²) in [5, 5.41) is 0.641. The lowest BCUT2D eigenvalue weighted by atomic mass is 10.0. The third-order valence-electron chi connectivity index (χ3n) is 3.20. The lowest BCUT2D eigenvalue weighted by Crippen LogP contribution is -2.06. The Labute approximate surface area is 117 Å². The van der Waals surface area contributed by atoms with Crippen molar-refractivity contribution in [2.24, 2.45) is 0 Å². The van der Waals surface area contributed by atoms with Crippen LogP contribution in [0.4, 0.5) is 13.2 Å². The molecule has 0 aliphatic heterocycles. The number of aromatic nitrogens is 2. The Morgan fingerprint density at radius 3 is 2.48 bits per heavy atom. The average molecular weight is 290 g/mol. The maximum absolute atomic E-state index is 12.5. The van der Waals surface area contributed by atoms with Crippen LogP contribution in [0.1, 0.15) is 21.5 Å². The zero-order valence-corrected chi connectivity index (χ0v) is 10.6. The predicted octanol–water partition coefficient (Wildman–Crippen LogP) is 3.81. The first-order valence-corrected chi connectivity index (χ1v) is 6.10. The van der Waals surface area contributed by atoms with Crippen LogP contribution >= 0.6 is 0 Å². The van der Waals surface area contributed by atoms with Gasteiger partial charge >= 0.3 is 6.18 Å². The van der Waals surface area contributed by atoms with Crippen molar-refractivity contribution in [1.29, 1.82) is 0 Å². The van der Waals surface area contributed by atoms with Gasteiger partial charge in [0.2, 0.25) is 0 Å². The standard InChI is InChI=1S/C15H9F3N2O/c16-15(17,18)10-3-1-9(2-4-10)14(21)12-8-20-13-5-6-19-7-11(12)13/h1-8,20H. The van der Waals surface area contributed by atoms with E-state index >= 15 is 0 Å². The normalized spacial score (nSPS) is 11.8. The topological polar surface area (TPSA) is 45.8 Å². The Kier molecular flexibility index (Phi) is 3.01. The second-order valence-electron chi connectivity index (χ2n) is 4.53. The van der Waals surface area contributed by atoms with Gasteiger partial charge in [-0.25, -0.2) is 0 Å². The quantitative estimate of drug-likeness (QED) is 0.729. The third-order valence-corrected chi connectivity index (χ3v) is 3.20. The highest BCUT2D eigenvalue weighted by molar-refractivity contribution is 6.16. The summed E-state index contributed by atoms with van der Waals surface area (Å²) in [6.07, 6.45) is 0.257. The fourth-order valence-electron chi connectivity index (χ4n) is 2.12. The smallest absolute Gasteiger partial charge is 0.360 e. The third kappa shape index (κ3) is 2.40. The van der Waals surface area contributed by atoms with Crippen LogP contribution in [0.5, 0.6) is 0 Å². The molecule has 1 aromatic carbocycles. The second-order valence-corrected chi connectivity index (χ2v) is 4.53. The number of hydrogen-bond donors (Lipinski definition) is 1. The highest BCUT2D eigenvalue weighted by Crippen LogP contribution is 2.29. The largest absolute Gasteiger partial charge is 0.416 e. The van der Waals surface area contributed by atoms with Gasteiger partial charge in [-0.1, -0.05) is 12.1 Å². The van der Waals surface area contributed by atoms with Gasteiger partial charge in [-0.3, -0.25) is 9.78 Å². The summed E-state index contributed by atoms with van der Waals surface area (Å²) in [5.41, 5.74) is 0.561. The molecule has 0 bridgehead atoms. The van der Waals surface area contributed by atoms with Crippen molar-refractivity contribution in [3.63, 3.8) is 0 Å². The number of carbonyl (C=O) groups is 1. The monoisotopic (exact) mass is 290 g/mol. The minimum Gasteiger partial charge on any atom is -0.360 e. The van der Waals surface area contributed by atoms with Gasteiger partial charge in [0.1, 0.15) is 0 Å². The lowest BCUT2D eigenvalue weighted by Gasteiger charge is -2.07. The van der Waals surface area contributed by atoms with Crippen molar-refractivity contribution in [2.45, 2.75) is 6.18 Å². The number of rotatable bonds is 2. The Balaban J connectivity index is 1.99. The van der Waals surface area contributed by atoms with Crippen LogP contribution in [0.3, 0.4) is 0 Å². The van der Waals surface area contributed by atoms with Crippen LogP contribution in [0.25, 0.3) is 10.9 Å². The number of carbonyl (C=O) groups excluding carboxylic acids is 1. The van der Waals surface area contributed by atoms with E-state index in [0.29, 0.717) is 10.9 Å². The van der Waals surface area contributed by atoms with Crippen molar-refractivity contribution in [1.82, 2.24) is 9.97 Å². The van der Waals surface area contributed by atoms with E-state index in [4.69, 9.17) is 0 Å². The van der Waals surface area contributed by atoms with Crippen molar-refractivity contribution in [3.05, 3.63) is 65.6 Å². The molecule has 2 aromatic heterocycles. The number of halogens is 3. The maximum atomic E-state index is 12.5. The van der Waals surface area contributed by atoms with Gasteiger partial charge in [0, 0.05) is 40.6 Å². The van der Waals surface area contributed by atoms with E-state index < -0.39 is 11.7 Å². The minimum absolute atomic E-state index is 0.202. The van der Waals surface area contributed by atoms with Crippen LogP contribution in [0.2, 0.25) is 0 Å². The number of ketones is 1. The molecule has 0 atom stereocenters. The molecule has 2 heterocycles. The number of H-pyrrole nitrogens is 1. The zero-order chi connectivity index (χ0) is 15.0. The molecule has 0 unspecified atom stereocenters. The van der Waals surface area contributed by atoms with E-state index in [0.717, 1.165) is 17.6 Å². The molecule has 0 aliphatic carbocycles. The molecule has 0 fully saturated rings. The van der Waals surface area contributed by atoms with E-state index in [1.54, 1.807) is 18.5 Å². The Morgan fingerprint density at radius 2 is 1.81 bits per heavy atom. The molecule has 0 aliphatic rings. The van der Waals surface area contributed by atoms with E-state index in [2.05, 4.69) is 9.97 Å². The maximum Gasteiger partial charge on any atom is 0.416 e. The van der Waals surface area contributed by atoms with Gasteiger partial charge in [-0.2, -0.15) is 13.2 Å². The highest BCUT2D eigenvalue weighted by atomic mass is 19.4. The van der Waals surface area contributed by atoms with Gasteiger partial charge in [-0.05, 0) is 18.2 Å². The van der Waals surface area contributed by atoms with E-state index in [9.17, 15) is 18.0 Å². The van der Waals surface area contributed by atoms with Gasteiger partial charge in [0.05, 0.1) is 5.56 Å². The first-order valence-electron chi connectivity index (χ1n) is 6.10. The number of aromatic amines is 1. The van der Waals surface area contributed by atoms with E-state index in [-0.39, 0.29) is 11.3 Å². The number of fused-ring (bicyclic) bond motifs is 1. The number of pyridine rings is 1. The summed E-state index contributed by atoms with van der Waals surface area (Å²) in [7, 11) is 0. The Morgan fingerprint density at radius 1 is 1.10 bits per heavy atom.